The van der Waals surface area contributed by atoms with E-state index in [-0.39, 0.29) is 0 Å². The van der Waals surface area contributed by atoms with E-state index in [1.54, 1.807) is 13.8 Å². The standard InChI is InChI=1S/C18H19ClO3/c1-3-18(2,17(20)21)22-16-10-6-14(7-11-16)12-13-4-8-15(19)9-5-13/h4-11H,3,12H2,1-2H3,(H,20,21). The Labute approximate surface area is 135 Å². The number of benzene rings is 2. The molecule has 0 saturated carbocycles. The molecule has 0 aliphatic carbocycles. The monoisotopic (exact) mass is 318 g/mol. The van der Waals surface area contributed by atoms with E-state index in [1.165, 1.54) is 5.56 Å². The van der Waals surface area contributed by atoms with Gasteiger partial charge in [-0.05, 0) is 55.2 Å². The summed E-state index contributed by atoms with van der Waals surface area (Å²) in [5, 5.41) is 9.95. The molecule has 116 valence electrons. The maximum Gasteiger partial charge on any atom is 0.347 e. The molecule has 0 bridgehead atoms. The van der Waals surface area contributed by atoms with Gasteiger partial charge in [0.05, 0.1) is 0 Å². The van der Waals surface area contributed by atoms with E-state index in [4.69, 9.17) is 16.3 Å². The summed E-state index contributed by atoms with van der Waals surface area (Å²) in [5.41, 5.74) is 1.10. The Bertz CT molecular complexity index is 634. The molecule has 1 atom stereocenters. The van der Waals surface area contributed by atoms with Gasteiger partial charge in [-0.25, -0.2) is 4.79 Å². The molecule has 0 spiro atoms. The minimum absolute atomic E-state index is 0.398. The van der Waals surface area contributed by atoms with Gasteiger partial charge in [0.15, 0.2) is 0 Å². The van der Waals surface area contributed by atoms with E-state index in [2.05, 4.69) is 0 Å². The SMILES string of the molecule is CCC(C)(Oc1ccc(Cc2ccc(Cl)cc2)cc1)C(=O)O. The van der Waals surface area contributed by atoms with Crippen molar-refractivity contribution in [3.8, 4) is 5.75 Å². The zero-order valence-corrected chi connectivity index (χ0v) is 13.4. The van der Waals surface area contributed by atoms with Crippen LogP contribution >= 0.6 is 11.6 Å². The minimum atomic E-state index is -1.20. The van der Waals surface area contributed by atoms with Crippen molar-refractivity contribution >= 4 is 17.6 Å². The molecule has 2 aromatic carbocycles. The summed E-state index contributed by atoms with van der Waals surface area (Å²) in [7, 11) is 0. The second-order valence-electron chi connectivity index (χ2n) is 5.44. The van der Waals surface area contributed by atoms with Crippen molar-refractivity contribution in [3.05, 3.63) is 64.7 Å². The first-order valence-corrected chi connectivity index (χ1v) is 7.56. The molecule has 3 nitrogen and oxygen atoms in total. The molecular formula is C18H19ClO3. The molecule has 0 saturated heterocycles. The van der Waals surface area contributed by atoms with Crippen molar-refractivity contribution < 1.29 is 14.6 Å². The van der Waals surface area contributed by atoms with Crippen molar-refractivity contribution in [1.29, 1.82) is 0 Å². The molecule has 0 aliphatic rings. The van der Waals surface area contributed by atoms with Crippen LogP contribution < -0.4 is 4.74 Å². The first kappa shape index (κ1) is 16.4. The highest BCUT2D eigenvalue weighted by Crippen LogP contribution is 2.23. The largest absolute Gasteiger partial charge is 0.478 e. The summed E-state index contributed by atoms with van der Waals surface area (Å²) >= 11 is 5.87. The predicted octanol–water partition coefficient (Wildman–Crippen LogP) is 4.56. The quantitative estimate of drug-likeness (QED) is 0.849. The van der Waals surface area contributed by atoms with Crippen molar-refractivity contribution in [2.75, 3.05) is 0 Å². The lowest BCUT2D eigenvalue weighted by atomic mass is 10.0. The fraction of sp³-hybridized carbons (Fsp3) is 0.278. The summed E-state index contributed by atoms with van der Waals surface area (Å²) in [6.45, 7) is 3.37. The highest BCUT2D eigenvalue weighted by atomic mass is 35.5. The van der Waals surface area contributed by atoms with E-state index in [9.17, 15) is 9.90 Å². The van der Waals surface area contributed by atoms with Gasteiger partial charge < -0.3 is 9.84 Å². The molecule has 1 N–H and O–H groups in total. The van der Waals surface area contributed by atoms with Gasteiger partial charge in [-0.2, -0.15) is 0 Å². The fourth-order valence-corrected chi connectivity index (χ4v) is 2.17. The molecule has 0 aliphatic heterocycles. The Hall–Kier alpha value is -2.00. The van der Waals surface area contributed by atoms with Crippen LogP contribution in [0.4, 0.5) is 0 Å². The topological polar surface area (TPSA) is 46.5 Å². The van der Waals surface area contributed by atoms with Crippen molar-refractivity contribution in [3.63, 3.8) is 0 Å². The Balaban J connectivity index is 2.07. The molecular weight excluding hydrogens is 300 g/mol. The van der Waals surface area contributed by atoms with Gasteiger partial charge in [-0.3, -0.25) is 0 Å². The number of rotatable bonds is 6. The van der Waals surface area contributed by atoms with Gasteiger partial charge in [-0.15, -0.1) is 0 Å². The predicted molar refractivity (Wildman–Crippen MR) is 87.7 cm³/mol. The van der Waals surface area contributed by atoms with E-state index < -0.39 is 11.6 Å². The van der Waals surface area contributed by atoms with E-state index in [1.807, 2.05) is 48.5 Å². The normalized spacial score (nSPS) is 13.4. The zero-order chi connectivity index (χ0) is 16.2. The van der Waals surface area contributed by atoms with Gasteiger partial charge in [0.25, 0.3) is 0 Å². The molecule has 1 unspecified atom stereocenters. The number of aliphatic carboxylic acids is 1. The minimum Gasteiger partial charge on any atom is -0.478 e. The third-order valence-electron chi connectivity index (χ3n) is 3.72. The molecule has 22 heavy (non-hydrogen) atoms. The smallest absolute Gasteiger partial charge is 0.347 e. The van der Waals surface area contributed by atoms with Crippen LogP contribution in [0, 0.1) is 0 Å². The van der Waals surface area contributed by atoms with Crippen molar-refractivity contribution in [2.45, 2.75) is 32.3 Å². The van der Waals surface area contributed by atoms with E-state index in [0.29, 0.717) is 12.2 Å². The molecule has 0 amide bonds. The first-order valence-electron chi connectivity index (χ1n) is 7.19. The summed E-state index contributed by atoms with van der Waals surface area (Å²) in [6, 6.07) is 15.2. The molecule has 2 aromatic rings. The summed E-state index contributed by atoms with van der Waals surface area (Å²) in [4.78, 5) is 11.3. The lowest BCUT2D eigenvalue weighted by Gasteiger charge is -2.24. The van der Waals surface area contributed by atoms with Crippen LogP contribution in [0.5, 0.6) is 5.75 Å². The number of carbonyl (C=O) groups is 1. The van der Waals surface area contributed by atoms with E-state index in [0.717, 1.165) is 17.0 Å². The third-order valence-corrected chi connectivity index (χ3v) is 3.97. The highest BCUT2D eigenvalue weighted by Gasteiger charge is 2.33. The highest BCUT2D eigenvalue weighted by molar-refractivity contribution is 6.30. The van der Waals surface area contributed by atoms with Crippen LogP contribution in [-0.4, -0.2) is 16.7 Å². The summed E-state index contributed by atoms with van der Waals surface area (Å²) < 4.78 is 5.62. The average molecular weight is 319 g/mol. The number of hydrogen-bond donors (Lipinski definition) is 1. The van der Waals surface area contributed by atoms with Gasteiger partial charge in [0.2, 0.25) is 5.60 Å². The van der Waals surface area contributed by atoms with Crippen molar-refractivity contribution in [2.24, 2.45) is 0 Å². The third kappa shape index (κ3) is 4.01. The number of hydrogen-bond acceptors (Lipinski definition) is 2. The number of ether oxygens (including phenoxy) is 1. The maximum absolute atomic E-state index is 11.3. The van der Waals surface area contributed by atoms with Crippen molar-refractivity contribution in [1.82, 2.24) is 0 Å². The van der Waals surface area contributed by atoms with Crippen LogP contribution in [0.25, 0.3) is 0 Å². The maximum atomic E-state index is 11.3. The average Bonchev–Trinajstić information content (AvgIpc) is 2.51. The second-order valence-corrected chi connectivity index (χ2v) is 5.88. The van der Waals surface area contributed by atoms with Crippen LogP contribution in [0.1, 0.15) is 31.4 Å². The number of carboxylic acids is 1. The summed E-state index contributed by atoms with van der Waals surface area (Å²) in [6.07, 6.45) is 1.19. The second kappa shape index (κ2) is 6.84. The molecule has 2 rings (SSSR count). The Kier molecular flexibility index (Phi) is 5.09. The van der Waals surface area contributed by atoms with Gasteiger partial charge in [0.1, 0.15) is 5.75 Å². The van der Waals surface area contributed by atoms with Crippen LogP contribution in [-0.2, 0) is 11.2 Å². The zero-order valence-electron chi connectivity index (χ0n) is 12.7. The Morgan fingerprint density at radius 1 is 1.09 bits per heavy atom. The van der Waals surface area contributed by atoms with Crippen LogP contribution in [0.2, 0.25) is 5.02 Å². The number of halogens is 1. The summed E-state index contributed by atoms with van der Waals surface area (Å²) in [5.74, 6) is -0.396. The fourth-order valence-electron chi connectivity index (χ4n) is 2.04. The molecule has 0 aromatic heterocycles. The molecule has 0 heterocycles. The Morgan fingerprint density at radius 3 is 2.05 bits per heavy atom. The van der Waals surface area contributed by atoms with E-state index >= 15 is 0 Å². The number of carboxylic acid groups (broad SMARTS) is 1. The van der Waals surface area contributed by atoms with Gasteiger partial charge in [0, 0.05) is 5.02 Å². The Morgan fingerprint density at radius 2 is 1.59 bits per heavy atom. The molecule has 0 radical (unpaired) electrons. The first-order chi connectivity index (χ1) is 10.4. The van der Waals surface area contributed by atoms with Gasteiger partial charge >= 0.3 is 5.97 Å². The molecule has 0 fully saturated rings. The lowest BCUT2D eigenvalue weighted by molar-refractivity contribution is -0.154. The lowest BCUT2D eigenvalue weighted by Crippen LogP contribution is -2.40. The molecule has 4 heteroatoms. The van der Waals surface area contributed by atoms with Crippen LogP contribution in [0.15, 0.2) is 48.5 Å². The van der Waals surface area contributed by atoms with Crippen LogP contribution in [0.3, 0.4) is 0 Å². The van der Waals surface area contributed by atoms with Gasteiger partial charge in [-0.1, -0.05) is 42.8 Å².